The third-order valence-corrected chi connectivity index (χ3v) is 5.61. The minimum atomic E-state index is -1.11. The maximum atomic E-state index is 13.4. The van der Waals surface area contributed by atoms with Gasteiger partial charge in [0.05, 0.1) is 24.7 Å². The smallest absolute Gasteiger partial charge is 0.237 e. The fourth-order valence-corrected chi connectivity index (χ4v) is 4.23. The highest BCUT2D eigenvalue weighted by molar-refractivity contribution is 5.79. The van der Waals surface area contributed by atoms with Crippen LogP contribution in [-0.2, 0) is 4.79 Å². The van der Waals surface area contributed by atoms with E-state index >= 15 is 0 Å². The van der Waals surface area contributed by atoms with Crippen molar-refractivity contribution in [1.29, 1.82) is 10.5 Å². The summed E-state index contributed by atoms with van der Waals surface area (Å²) in [6.45, 7) is 1.76. The van der Waals surface area contributed by atoms with Crippen LogP contribution in [0.15, 0.2) is 18.3 Å². The first-order valence-electron chi connectivity index (χ1n) is 8.79. The highest BCUT2D eigenvalue weighted by Gasteiger charge is 2.56. The molecule has 2 unspecified atom stereocenters. The lowest BCUT2D eigenvalue weighted by atomic mass is 10.2. The summed E-state index contributed by atoms with van der Waals surface area (Å²) in [7, 11) is 0. The van der Waals surface area contributed by atoms with Gasteiger partial charge < -0.3 is 15.1 Å². The van der Waals surface area contributed by atoms with Crippen LogP contribution in [0.1, 0.15) is 12.0 Å². The molecule has 7 nitrogen and oxygen atoms in total. The number of amides is 1. The molecule has 0 bridgehead atoms. The number of halogens is 1. The maximum absolute atomic E-state index is 13.4. The fraction of sp³-hybridized carbons (Fsp3) is 0.556. The summed E-state index contributed by atoms with van der Waals surface area (Å²) in [5, 5.41) is 21.5. The second-order valence-electron chi connectivity index (χ2n) is 7.15. The molecule has 0 spiro atoms. The van der Waals surface area contributed by atoms with Gasteiger partial charge in [-0.25, -0.2) is 9.37 Å². The minimum Gasteiger partial charge on any atom is -0.355 e. The van der Waals surface area contributed by atoms with Crippen molar-refractivity contribution >= 4 is 11.7 Å². The van der Waals surface area contributed by atoms with Gasteiger partial charge in [-0.05, 0) is 24.0 Å². The number of nitriles is 2. The lowest BCUT2D eigenvalue weighted by Gasteiger charge is -2.23. The molecule has 3 fully saturated rings. The largest absolute Gasteiger partial charge is 0.355 e. The number of nitrogens with one attached hydrogen (secondary N) is 1. The van der Waals surface area contributed by atoms with Crippen LogP contribution in [0.25, 0.3) is 0 Å². The van der Waals surface area contributed by atoms with Crippen LogP contribution in [0.3, 0.4) is 0 Å². The second kappa shape index (κ2) is 6.54. The van der Waals surface area contributed by atoms with Crippen LogP contribution >= 0.6 is 0 Å². The van der Waals surface area contributed by atoms with Crippen molar-refractivity contribution in [1.82, 2.24) is 15.2 Å². The number of alkyl halides is 1. The summed E-state index contributed by atoms with van der Waals surface area (Å²) in [4.78, 5) is 20.1. The molecular formula is C18H19FN6O. The standard InChI is InChI=1S/C18H19FN6O/c19-12-4-13(6-21)25(8-12)16(26)7-23-17-14-9-24(10-15(14)17)18-11(5-20)2-1-3-22-18/h1-3,12-15,17,23H,4,7-10H2/t12-,13-,14?,15?,17?/m0/s1. The van der Waals surface area contributed by atoms with E-state index in [1.165, 1.54) is 4.90 Å². The van der Waals surface area contributed by atoms with Gasteiger partial charge in [0.1, 0.15) is 24.1 Å². The van der Waals surface area contributed by atoms with E-state index in [1.807, 2.05) is 6.07 Å². The van der Waals surface area contributed by atoms with E-state index in [0.29, 0.717) is 17.4 Å². The molecule has 1 aromatic rings. The maximum Gasteiger partial charge on any atom is 0.237 e. The molecule has 1 aromatic heterocycles. The molecule has 2 saturated heterocycles. The summed E-state index contributed by atoms with van der Waals surface area (Å²) >= 11 is 0. The summed E-state index contributed by atoms with van der Waals surface area (Å²) in [6.07, 6.45) is 0.691. The van der Waals surface area contributed by atoms with Crippen LogP contribution in [0.2, 0.25) is 0 Å². The number of rotatable bonds is 4. The van der Waals surface area contributed by atoms with Crippen LogP contribution in [0, 0.1) is 34.5 Å². The molecule has 1 N–H and O–H groups in total. The Morgan fingerprint density at radius 2 is 2.12 bits per heavy atom. The normalized spacial score (nSPS) is 32.0. The predicted molar refractivity (Wildman–Crippen MR) is 90.6 cm³/mol. The molecule has 1 saturated carbocycles. The topological polar surface area (TPSA) is 96.1 Å². The van der Waals surface area contributed by atoms with Gasteiger partial charge in [-0.3, -0.25) is 4.79 Å². The number of hydrogen-bond acceptors (Lipinski definition) is 6. The lowest BCUT2D eigenvalue weighted by molar-refractivity contribution is -0.130. The molecule has 1 aliphatic carbocycles. The Morgan fingerprint density at radius 1 is 1.35 bits per heavy atom. The number of aromatic nitrogens is 1. The Bertz CT molecular complexity index is 790. The van der Waals surface area contributed by atoms with Gasteiger partial charge in [0.25, 0.3) is 0 Å². The van der Waals surface area contributed by atoms with Gasteiger partial charge in [0.15, 0.2) is 0 Å². The highest BCUT2D eigenvalue weighted by atomic mass is 19.1. The Balaban J connectivity index is 1.28. The van der Waals surface area contributed by atoms with E-state index in [9.17, 15) is 14.4 Å². The Labute approximate surface area is 151 Å². The zero-order chi connectivity index (χ0) is 18.3. The van der Waals surface area contributed by atoms with Crippen molar-refractivity contribution in [3.05, 3.63) is 23.9 Å². The number of anilines is 1. The van der Waals surface area contributed by atoms with Crippen molar-refractivity contribution in [2.24, 2.45) is 11.8 Å². The number of hydrogen-bond donors (Lipinski definition) is 1. The average Bonchev–Trinajstić information content (AvgIpc) is 3.00. The molecule has 134 valence electrons. The summed E-state index contributed by atoms with van der Waals surface area (Å²) in [5.41, 5.74) is 0.575. The first kappa shape index (κ1) is 16.7. The van der Waals surface area contributed by atoms with E-state index in [2.05, 4.69) is 21.3 Å². The van der Waals surface area contributed by atoms with E-state index < -0.39 is 12.2 Å². The van der Waals surface area contributed by atoms with Crippen LogP contribution < -0.4 is 10.2 Å². The quantitative estimate of drug-likeness (QED) is 0.843. The van der Waals surface area contributed by atoms with Gasteiger partial charge in [-0.2, -0.15) is 10.5 Å². The van der Waals surface area contributed by atoms with Gasteiger partial charge >= 0.3 is 0 Å². The predicted octanol–water partition coefficient (Wildman–Crippen LogP) is 0.440. The molecule has 26 heavy (non-hydrogen) atoms. The molecule has 2 aliphatic heterocycles. The zero-order valence-electron chi connectivity index (χ0n) is 14.2. The second-order valence-corrected chi connectivity index (χ2v) is 7.15. The number of fused-ring (bicyclic) bond motifs is 1. The van der Waals surface area contributed by atoms with Crippen LogP contribution in [0.4, 0.5) is 10.2 Å². The number of nitrogens with zero attached hydrogens (tertiary/aromatic N) is 5. The molecule has 3 aliphatic rings. The monoisotopic (exact) mass is 354 g/mol. The summed E-state index contributed by atoms with van der Waals surface area (Å²) < 4.78 is 13.4. The number of likely N-dealkylation sites (tertiary alicyclic amines) is 1. The lowest BCUT2D eigenvalue weighted by Crippen LogP contribution is -2.43. The molecule has 0 aromatic carbocycles. The van der Waals surface area contributed by atoms with Crippen molar-refractivity contribution in [3.8, 4) is 12.1 Å². The van der Waals surface area contributed by atoms with E-state index in [-0.39, 0.29) is 31.5 Å². The summed E-state index contributed by atoms with van der Waals surface area (Å²) in [5.74, 6) is 1.36. The third-order valence-electron chi connectivity index (χ3n) is 5.61. The van der Waals surface area contributed by atoms with Crippen molar-refractivity contribution in [2.75, 3.05) is 31.1 Å². The Kier molecular flexibility index (Phi) is 4.21. The molecule has 4 atom stereocenters. The van der Waals surface area contributed by atoms with Crippen molar-refractivity contribution in [3.63, 3.8) is 0 Å². The SMILES string of the molecule is N#Cc1cccnc1N1CC2C(C1)C2NCC(=O)N1C[C@@H](F)C[C@H]1C#N. The van der Waals surface area contributed by atoms with Crippen molar-refractivity contribution in [2.45, 2.75) is 24.7 Å². The molecule has 1 amide bonds. The number of carbonyl (C=O) groups is 1. The molecule has 0 radical (unpaired) electrons. The van der Waals surface area contributed by atoms with Gasteiger partial charge in [0.2, 0.25) is 5.91 Å². The minimum absolute atomic E-state index is 0.0145. The van der Waals surface area contributed by atoms with Crippen molar-refractivity contribution < 1.29 is 9.18 Å². The first-order valence-corrected chi connectivity index (χ1v) is 8.79. The van der Waals surface area contributed by atoms with Gasteiger partial charge in [0, 0.05) is 31.7 Å². The Morgan fingerprint density at radius 3 is 2.81 bits per heavy atom. The number of carbonyl (C=O) groups excluding carboxylic acids is 1. The molecule has 3 heterocycles. The van der Waals surface area contributed by atoms with Crippen LogP contribution in [0.5, 0.6) is 0 Å². The molecular weight excluding hydrogens is 335 g/mol. The first-order chi connectivity index (χ1) is 12.6. The number of pyridine rings is 1. The molecule has 8 heteroatoms. The Hall–Kier alpha value is -2.71. The third kappa shape index (κ3) is 2.87. The number of piperidine rings is 1. The van der Waals surface area contributed by atoms with E-state index in [0.717, 1.165) is 18.9 Å². The van der Waals surface area contributed by atoms with Crippen LogP contribution in [-0.4, -0.2) is 60.2 Å². The summed E-state index contributed by atoms with van der Waals surface area (Å²) in [6, 6.07) is 7.30. The fourth-order valence-electron chi connectivity index (χ4n) is 4.23. The van der Waals surface area contributed by atoms with Gasteiger partial charge in [-0.1, -0.05) is 0 Å². The van der Waals surface area contributed by atoms with E-state index in [4.69, 9.17) is 5.26 Å². The average molecular weight is 354 g/mol. The van der Waals surface area contributed by atoms with Gasteiger partial charge in [-0.15, -0.1) is 0 Å². The van der Waals surface area contributed by atoms with E-state index in [1.54, 1.807) is 18.3 Å². The zero-order valence-corrected chi connectivity index (χ0v) is 14.2. The highest BCUT2D eigenvalue weighted by Crippen LogP contribution is 2.46. The molecule has 4 rings (SSSR count).